The summed E-state index contributed by atoms with van der Waals surface area (Å²) >= 11 is 0. The van der Waals surface area contributed by atoms with E-state index < -0.39 is 0 Å². The monoisotopic (exact) mass is 279 g/mol. The molecule has 0 aliphatic carbocycles. The Balaban J connectivity index is 1.93. The van der Waals surface area contributed by atoms with E-state index in [9.17, 15) is 0 Å². The first-order valence-electron chi connectivity index (χ1n) is 6.64. The molecule has 110 valence electrons. The van der Waals surface area contributed by atoms with Gasteiger partial charge in [-0.25, -0.2) is 0 Å². The molecule has 0 N–H and O–H groups in total. The zero-order chi connectivity index (χ0) is 14.5. The van der Waals surface area contributed by atoms with Gasteiger partial charge in [0.05, 0.1) is 44.7 Å². The second-order valence-electron chi connectivity index (χ2n) is 4.06. The molecule has 5 nitrogen and oxygen atoms in total. The molecule has 0 saturated carbocycles. The Labute approximate surface area is 120 Å². The van der Waals surface area contributed by atoms with E-state index >= 15 is 0 Å². The van der Waals surface area contributed by atoms with Crippen molar-refractivity contribution in [1.29, 1.82) is 5.26 Å². The summed E-state index contributed by atoms with van der Waals surface area (Å²) < 4.78 is 21.0. The SMILES string of the molecule is COCCOCCOCCCOc1ccc(C#N)cc1. The van der Waals surface area contributed by atoms with Gasteiger partial charge in [-0.15, -0.1) is 0 Å². The highest BCUT2D eigenvalue weighted by molar-refractivity contribution is 5.34. The highest BCUT2D eigenvalue weighted by Gasteiger charge is 1.95. The number of rotatable bonds is 11. The Morgan fingerprint density at radius 2 is 1.55 bits per heavy atom. The fourth-order valence-electron chi connectivity index (χ4n) is 1.44. The van der Waals surface area contributed by atoms with Crippen LogP contribution in [0.4, 0.5) is 0 Å². The van der Waals surface area contributed by atoms with Crippen LogP contribution >= 0.6 is 0 Å². The molecule has 0 unspecified atom stereocenters. The molecule has 1 aromatic rings. The van der Waals surface area contributed by atoms with Gasteiger partial charge >= 0.3 is 0 Å². The molecule has 0 radical (unpaired) electrons. The molecule has 0 aliphatic rings. The van der Waals surface area contributed by atoms with Gasteiger partial charge in [0.1, 0.15) is 5.75 Å². The van der Waals surface area contributed by atoms with Crippen molar-refractivity contribution >= 4 is 0 Å². The van der Waals surface area contributed by atoms with Crippen LogP contribution in [0.5, 0.6) is 5.75 Å². The van der Waals surface area contributed by atoms with Gasteiger partial charge < -0.3 is 18.9 Å². The highest BCUT2D eigenvalue weighted by Crippen LogP contribution is 2.11. The van der Waals surface area contributed by atoms with E-state index in [1.807, 2.05) is 0 Å². The van der Waals surface area contributed by atoms with Crippen LogP contribution in [0.1, 0.15) is 12.0 Å². The maximum atomic E-state index is 8.67. The van der Waals surface area contributed by atoms with Gasteiger partial charge in [0.2, 0.25) is 0 Å². The van der Waals surface area contributed by atoms with E-state index in [1.165, 1.54) is 0 Å². The lowest BCUT2D eigenvalue weighted by molar-refractivity contribution is 0.0224. The summed E-state index contributed by atoms with van der Waals surface area (Å²) in [6.07, 6.45) is 0.818. The predicted molar refractivity (Wildman–Crippen MR) is 74.8 cm³/mol. The summed E-state index contributed by atoms with van der Waals surface area (Å²) in [6.45, 7) is 3.61. The summed E-state index contributed by atoms with van der Waals surface area (Å²) in [6, 6.07) is 9.14. The fraction of sp³-hybridized carbons (Fsp3) is 0.533. The maximum absolute atomic E-state index is 8.67. The topological polar surface area (TPSA) is 60.7 Å². The second-order valence-corrected chi connectivity index (χ2v) is 4.06. The van der Waals surface area contributed by atoms with Crippen LogP contribution in [-0.4, -0.2) is 46.8 Å². The maximum Gasteiger partial charge on any atom is 0.119 e. The lowest BCUT2D eigenvalue weighted by atomic mass is 10.2. The Kier molecular flexibility index (Phi) is 9.24. The largest absolute Gasteiger partial charge is 0.494 e. The molecule has 0 atom stereocenters. The molecule has 0 amide bonds. The van der Waals surface area contributed by atoms with Crippen LogP contribution in [0.15, 0.2) is 24.3 Å². The number of hydrogen-bond acceptors (Lipinski definition) is 5. The third-order valence-electron chi connectivity index (χ3n) is 2.49. The number of ether oxygens (including phenoxy) is 4. The molecule has 20 heavy (non-hydrogen) atoms. The zero-order valence-electron chi connectivity index (χ0n) is 11.8. The highest BCUT2D eigenvalue weighted by atomic mass is 16.5. The van der Waals surface area contributed by atoms with Crippen LogP contribution in [0, 0.1) is 11.3 Å². The Morgan fingerprint density at radius 3 is 2.20 bits per heavy atom. The minimum Gasteiger partial charge on any atom is -0.494 e. The molecule has 0 aliphatic heterocycles. The molecule has 1 rings (SSSR count). The average molecular weight is 279 g/mol. The molecule has 0 saturated heterocycles. The quantitative estimate of drug-likeness (QED) is 0.580. The van der Waals surface area contributed by atoms with E-state index in [0.717, 1.165) is 12.2 Å². The molecule has 1 aromatic carbocycles. The third-order valence-corrected chi connectivity index (χ3v) is 2.49. The van der Waals surface area contributed by atoms with E-state index in [0.29, 0.717) is 45.2 Å². The van der Waals surface area contributed by atoms with E-state index in [4.69, 9.17) is 24.2 Å². The number of hydrogen-bond donors (Lipinski definition) is 0. The first kappa shape index (κ1) is 16.4. The standard InChI is InChI=1S/C15H21NO4/c1-17-9-10-19-12-11-18-7-2-8-20-15-5-3-14(13-16)4-6-15/h3-6H,2,7-12H2,1H3. The van der Waals surface area contributed by atoms with Gasteiger partial charge in [0, 0.05) is 20.1 Å². The molecule has 0 heterocycles. The number of benzene rings is 1. The van der Waals surface area contributed by atoms with Crippen LogP contribution in [0.25, 0.3) is 0 Å². The van der Waals surface area contributed by atoms with Crippen molar-refractivity contribution in [2.45, 2.75) is 6.42 Å². The Morgan fingerprint density at radius 1 is 0.900 bits per heavy atom. The molecule has 0 bridgehead atoms. The lowest BCUT2D eigenvalue weighted by Gasteiger charge is -2.07. The average Bonchev–Trinajstić information content (AvgIpc) is 2.50. The van der Waals surface area contributed by atoms with E-state index in [1.54, 1.807) is 31.4 Å². The molecule has 0 spiro atoms. The predicted octanol–water partition coefficient (Wildman–Crippen LogP) is 2.01. The Hall–Kier alpha value is -1.61. The van der Waals surface area contributed by atoms with Crippen molar-refractivity contribution in [2.24, 2.45) is 0 Å². The lowest BCUT2D eigenvalue weighted by Crippen LogP contribution is -2.10. The minimum atomic E-state index is 0.583. The van der Waals surface area contributed by atoms with Gasteiger partial charge in [0.25, 0.3) is 0 Å². The Bertz CT molecular complexity index is 386. The van der Waals surface area contributed by atoms with Gasteiger partial charge in [0.15, 0.2) is 0 Å². The van der Waals surface area contributed by atoms with Crippen molar-refractivity contribution in [2.75, 3.05) is 46.8 Å². The van der Waals surface area contributed by atoms with Crippen LogP contribution in [0.2, 0.25) is 0 Å². The summed E-state index contributed by atoms with van der Waals surface area (Å²) in [5, 5.41) is 8.67. The summed E-state index contributed by atoms with van der Waals surface area (Å²) in [4.78, 5) is 0. The third kappa shape index (κ3) is 7.74. The van der Waals surface area contributed by atoms with E-state index in [-0.39, 0.29) is 0 Å². The van der Waals surface area contributed by atoms with Gasteiger partial charge in [-0.1, -0.05) is 0 Å². The van der Waals surface area contributed by atoms with Crippen LogP contribution in [0.3, 0.4) is 0 Å². The van der Waals surface area contributed by atoms with Gasteiger partial charge in [-0.3, -0.25) is 0 Å². The second kappa shape index (κ2) is 11.2. The van der Waals surface area contributed by atoms with Gasteiger partial charge in [-0.2, -0.15) is 5.26 Å². The van der Waals surface area contributed by atoms with E-state index in [2.05, 4.69) is 6.07 Å². The fourth-order valence-corrected chi connectivity index (χ4v) is 1.44. The minimum absolute atomic E-state index is 0.583. The number of nitrogens with zero attached hydrogens (tertiary/aromatic N) is 1. The first-order chi connectivity index (χ1) is 9.86. The summed E-state index contributed by atoms with van der Waals surface area (Å²) in [5.41, 5.74) is 0.633. The molecular formula is C15H21NO4. The number of nitriles is 1. The molecule has 0 fully saturated rings. The van der Waals surface area contributed by atoms with Gasteiger partial charge in [-0.05, 0) is 24.3 Å². The summed E-state index contributed by atoms with van der Waals surface area (Å²) in [7, 11) is 1.65. The van der Waals surface area contributed by atoms with Crippen molar-refractivity contribution in [1.82, 2.24) is 0 Å². The van der Waals surface area contributed by atoms with Crippen LogP contribution in [-0.2, 0) is 14.2 Å². The molecular weight excluding hydrogens is 258 g/mol. The van der Waals surface area contributed by atoms with Crippen molar-refractivity contribution in [3.8, 4) is 11.8 Å². The van der Waals surface area contributed by atoms with Crippen molar-refractivity contribution < 1.29 is 18.9 Å². The number of methoxy groups -OCH3 is 1. The van der Waals surface area contributed by atoms with Crippen molar-refractivity contribution in [3.05, 3.63) is 29.8 Å². The van der Waals surface area contributed by atoms with Crippen molar-refractivity contribution in [3.63, 3.8) is 0 Å². The van der Waals surface area contributed by atoms with Crippen LogP contribution < -0.4 is 4.74 Å². The first-order valence-corrected chi connectivity index (χ1v) is 6.64. The molecule has 5 heteroatoms. The molecule has 0 aromatic heterocycles. The zero-order valence-corrected chi connectivity index (χ0v) is 11.8. The summed E-state index contributed by atoms with van der Waals surface area (Å²) in [5.74, 6) is 0.770. The normalized spacial score (nSPS) is 10.2. The smallest absolute Gasteiger partial charge is 0.119 e.